The lowest BCUT2D eigenvalue weighted by Crippen LogP contribution is -2.70. The van der Waals surface area contributed by atoms with E-state index in [1.807, 2.05) is 191 Å². The molecule has 2 heterocycles. The number of benzene rings is 5. The molecule has 2 saturated heterocycles. The summed E-state index contributed by atoms with van der Waals surface area (Å²) in [7, 11) is 0. The Labute approximate surface area is 397 Å². The summed E-state index contributed by atoms with van der Waals surface area (Å²) in [5, 5.41) is 0. The van der Waals surface area contributed by atoms with E-state index in [0.29, 0.717) is 39.1 Å². The van der Waals surface area contributed by atoms with Gasteiger partial charge in [0.15, 0.2) is 0 Å². The van der Waals surface area contributed by atoms with Crippen molar-refractivity contribution >= 4 is 12.2 Å². The number of hydrogen-bond acceptors (Lipinski definition) is 9. The lowest BCUT2D eigenvalue weighted by atomic mass is 9.85. The minimum atomic E-state index is -0.822. The summed E-state index contributed by atoms with van der Waals surface area (Å²) in [4.78, 5) is 32.3. The van der Waals surface area contributed by atoms with Crippen LogP contribution in [0.3, 0.4) is 0 Å². The highest BCUT2D eigenvalue weighted by Gasteiger charge is 2.54. The molecule has 0 aliphatic carbocycles. The van der Waals surface area contributed by atoms with Gasteiger partial charge in [0.1, 0.15) is 36.2 Å². The Bertz CT molecular complexity index is 2220. The number of unbranched alkanes of at least 4 members (excludes halogenated alkanes) is 1. The van der Waals surface area contributed by atoms with Crippen molar-refractivity contribution in [1.29, 1.82) is 0 Å². The summed E-state index contributed by atoms with van der Waals surface area (Å²) in [6.45, 7) is 11.2. The maximum absolute atomic E-state index is 15.1. The molecule has 0 spiro atoms. The fraction of sp³-hybridized carbons (Fsp3) is 0.429. The van der Waals surface area contributed by atoms with Crippen LogP contribution in [0.25, 0.3) is 0 Å². The van der Waals surface area contributed by atoms with Gasteiger partial charge in [-0.3, -0.25) is 9.80 Å². The molecule has 0 unspecified atom stereocenters. The number of nitrogens with zero attached hydrogens (tertiary/aromatic N) is 2. The molecule has 11 heteroatoms. The molecule has 6 atom stereocenters. The van der Waals surface area contributed by atoms with Crippen molar-refractivity contribution < 1.29 is 42.7 Å². The van der Waals surface area contributed by atoms with E-state index >= 15 is 4.79 Å². The molecule has 5 aromatic rings. The molecule has 11 nitrogen and oxygen atoms in total. The lowest BCUT2D eigenvalue weighted by Gasteiger charge is -2.52. The third kappa shape index (κ3) is 14.2. The van der Waals surface area contributed by atoms with E-state index in [1.165, 1.54) is 0 Å². The Morgan fingerprint density at radius 2 is 0.970 bits per heavy atom. The first-order valence-corrected chi connectivity index (χ1v) is 23.7. The van der Waals surface area contributed by atoms with Crippen molar-refractivity contribution in [3.05, 3.63) is 179 Å². The van der Waals surface area contributed by atoms with Crippen molar-refractivity contribution in [2.24, 2.45) is 0 Å². The van der Waals surface area contributed by atoms with E-state index < -0.39 is 53.9 Å². The van der Waals surface area contributed by atoms with Crippen LogP contribution in [0.2, 0.25) is 0 Å². The van der Waals surface area contributed by atoms with Gasteiger partial charge in [0.2, 0.25) is 0 Å². The molecule has 2 aliphatic rings. The highest BCUT2D eigenvalue weighted by molar-refractivity contribution is 5.70. The molecule has 2 aliphatic heterocycles. The van der Waals surface area contributed by atoms with Crippen LogP contribution < -0.4 is 0 Å². The van der Waals surface area contributed by atoms with E-state index in [0.717, 1.165) is 34.2 Å². The molecule has 0 aromatic heterocycles. The molecular weight excluding hydrogens is 845 g/mol. The fourth-order valence-corrected chi connectivity index (χ4v) is 9.01. The highest BCUT2D eigenvalue weighted by Crippen LogP contribution is 2.37. The first kappa shape index (κ1) is 49.3. The number of rotatable bonds is 20. The average Bonchev–Trinajstić information content (AvgIpc) is 3.64. The predicted molar refractivity (Wildman–Crippen MR) is 258 cm³/mol. The van der Waals surface area contributed by atoms with Crippen LogP contribution in [0.1, 0.15) is 88.1 Å². The first-order valence-electron chi connectivity index (χ1n) is 23.7. The molecular formula is C56H68N2O9. The van der Waals surface area contributed by atoms with Crippen molar-refractivity contribution in [3.63, 3.8) is 0 Å². The van der Waals surface area contributed by atoms with Crippen molar-refractivity contribution in [1.82, 2.24) is 9.80 Å². The SMILES string of the molecule is CC(C)(C)OC(=O)N1[C@@H](CCCC[C@H]2[C@H](OCc3ccccc3)[C@@H](OCc3ccccc3)[C@H](OCc3ccccc3)[C@H](COCc3ccccc3)N2C(=O)OCc2ccccc2)COC1(C)C. The third-order valence-corrected chi connectivity index (χ3v) is 12.2. The minimum Gasteiger partial charge on any atom is -0.445 e. The number of carbonyl (C=O) groups excluding carboxylic acids is 2. The number of amides is 2. The average molecular weight is 913 g/mol. The van der Waals surface area contributed by atoms with Crippen LogP contribution in [-0.4, -0.2) is 83.0 Å². The van der Waals surface area contributed by atoms with Gasteiger partial charge in [0, 0.05) is 0 Å². The second-order valence-corrected chi connectivity index (χ2v) is 18.9. The second-order valence-electron chi connectivity index (χ2n) is 18.9. The summed E-state index contributed by atoms with van der Waals surface area (Å²) < 4.78 is 46.1. The smallest absolute Gasteiger partial charge is 0.412 e. The molecule has 67 heavy (non-hydrogen) atoms. The normalized spacial score (nSPS) is 21.5. The topological polar surface area (TPSA) is 105 Å². The molecule has 2 amide bonds. The Morgan fingerprint density at radius 3 is 1.45 bits per heavy atom. The van der Waals surface area contributed by atoms with Gasteiger partial charge in [0.05, 0.1) is 57.8 Å². The van der Waals surface area contributed by atoms with Crippen LogP contribution in [-0.2, 0) is 66.2 Å². The first-order chi connectivity index (χ1) is 32.4. The second kappa shape index (κ2) is 23.9. The van der Waals surface area contributed by atoms with Gasteiger partial charge in [-0.05, 0) is 75.3 Å². The zero-order valence-electron chi connectivity index (χ0n) is 39.7. The molecule has 7 rings (SSSR count). The van der Waals surface area contributed by atoms with Gasteiger partial charge in [-0.1, -0.05) is 165 Å². The number of ether oxygens (including phenoxy) is 7. The molecule has 0 N–H and O–H groups in total. The number of likely N-dealkylation sites (tertiary alicyclic amines) is 1. The van der Waals surface area contributed by atoms with Crippen molar-refractivity contribution in [2.45, 2.75) is 141 Å². The Balaban J connectivity index is 1.25. The Kier molecular flexibility index (Phi) is 17.6. The maximum atomic E-state index is 15.1. The molecule has 0 bridgehead atoms. The lowest BCUT2D eigenvalue weighted by molar-refractivity contribution is -0.223. The summed E-state index contributed by atoms with van der Waals surface area (Å²) in [5.41, 5.74) is 3.37. The Morgan fingerprint density at radius 1 is 0.552 bits per heavy atom. The number of piperidine rings is 1. The molecule has 356 valence electrons. The van der Waals surface area contributed by atoms with Gasteiger partial charge in [-0.15, -0.1) is 0 Å². The fourth-order valence-electron chi connectivity index (χ4n) is 9.01. The van der Waals surface area contributed by atoms with Crippen LogP contribution in [0.4, 0.5) is 9.59 Å². The van der Waals surface area contributed by atoms with Gasteiger partial charge < -0.3 is 33.2 Å². The quantitative estimate of drug-likeness (QED) is 0.0706. The van der Waals surface area contributed by atoms with E-state index in [-0.39, 0.29) is 32.5 Å². The van der Waals surface area contributed by atoms with E-state index in [1.54, 1.807) is 4.90 Å². The van der Waals surface area contributed by atoms with E-state index in [2.05, 4.69) is 0 Å². The highest BCUT2D eigenvalue weighted by atomic mass is 16.6. The number of carbonyl (C=O) groups is 2. The van der Waals surface area contributed by atoms with E-state index in [9.17, 15) is 4.79 Å². The van der Waals surface area contributed by atoms with Crippen LogP contribution in [0.5, 0.6) is 0 Å². The van der Waals surface area contributed by atoms with Crippen LogP contribution in [0.15, 0.2) is 152 Å². The monoisotopic (exact) mass is 912 g/mol. The summed E-state index contributed by atoms with van der Waals surface area (Å²) in [6, 6.07) is 48.5. The summed E-state index contributed by atoms with van der Waals surface area (Å²) in [5.74, 6) is 0. The third-order valence-electron chi connectivity index (χ3n) is 12.2. The van der Waals surface area contributed by atoms with Crippen molar-refractivity contribution in [2.75, 3.05) is 13.2 Å². The van der Waals surface area contributed by atoms with Gasteiger partial charge in [-0.2, -0.15) is 0 Å². The largest absolute Gasteiger partial charge is 0.445 e. The standard InChI is InChI=1S/C56H68N2O9/c1-55(2,3)67-54(60)58-47(40-66-56(58,4)5)33-21-22-34-48-50(62-36-43-25-13-7-14-26-43)52(64-38-45-29-17-9-18-30-45)51(63-37-44-27-15-8-16-28-44)49(41-61-35-42-23-11-6-12-24-42)57(48)53(59)65-39-46-31-19-10-20-32-46/h6-20,23-32,47-52H,21-22,33-41H2,1-5H3/t47-,48-,49-,50-,51+,52+/m0/s1. The van der Waals surface area contributed by atoms with Gasteiger partial charge in [-0.25, -0.2) is 9.59 Å². The molecule has 2 fully saturated rings. The maximum Gasteiger partial charge on any atom is 0.412 e. The van der Waals surface area contributed by atoms with Crippen molar-refractivity contribution in [3.8, 4) is 0 Å². The summed E-state index contributed by atoms with van der Waals surface area (Å²) >= 11 is 0. The molecule has 0 radical (unpaired) electrons. The zero-order chi connectivity index (χ0) is 47.1. The predicted octanol–water partition coefficient (Wildman–Crippen LogP) is 11.3. The van der Waals surface area contributed by atoms with Crippen LogP contribution in [0, 0.1) is 0 Å². The summed E-state index contributed by atoms with van der Waals surface area (Å²) in [6.07, 6.45) is -0.272. The Hall–Kier alpha value is -5.56. The zero-order valence-corrected chi connectivity index (χ0v) is 39.7. The van der Waals surface area contributed by atoms with Gasteiger partial charge in [0.25, 0.3) is 0 Å². The minimum absolute atomic E-state index is 0.0808. The molecule has 5 aromatic carbocycles. The molecule has 0 saturated carbocycles. The van der Waals surface area contributed by atoms with Gasteiger partial charge >= 0.3 is 12.2 Å². The number of hydrogen-bond donors (Lipinski definition) is 0. The van der Waals surface area contributed by atoms with E-state index in [4.69, 9.17) is 33.2 Å². The van der Waals surface area contributed by atoms with Crippen LogP contribution >= 0.6 is 0 Å².